The number of pyridine rings is 1. The minimum Gasteiger partial charge on any atom is -0.359 e. The van der Waals surface area contributed by atoms with E-state index in [4.69, 9.17) is 11.6 Å². The molecule has 0 fully saturated rings. The first-order valence-corrected chi connectivity index (χ1v) is 7.05. The summed E-state index contributed by atoms with van der Waals surface area (Å²) in [6, 6.07) is 1.96. The predicted molar refractivity (Wildman–Crippen MR) is 80.4 cm³/mol. The quantitative estimate of drug-likeness (QED) is 0.590. The normalized spacial score (nSPS) is 13.1. The maximum absolute atomic E-state index is 13.6. The van der Waals surface area contributed by atoms with Crippen molar-refractivity contribution in [1.29, 1.82) is 0 Å². The van der Waals surface area contributed by atoms with E-state index in [9.17, 15) is 9.18 Å². The zero-order valence-corrected chi connectivity index (χ0v) is 12.6. The SMILES string of the molecule is C/C=C(/Cl)c1cc(CCC(F)CCNC=O)cnc1C. The van der Waals surface area contributed by atoms with Crippen LogP contribution in [0.4, 0.5) is 4.39 Å². The Bertz CT molecular complexity index is 477. The Hall–Kier alpha value is -1.42. The monoisotopic (exact) mass is 298 g/mol. The van der Waals surface area contributed by atoms with Crippen molar-refractivity contribution in [2.24, 2.45) is 0 Å². The minimum absolute atomic E-state index is 0.334. The van der Waals surface area contributed by atoms with Crippen LogP contribution in [0.5, 0.6) is 0 Å². The van der Waals surface area contributed by atoms with Gasteiger partial charge in [0.05, 0.1) is 0 Å². The van der Waals surface area contributed by atoms with Crippen LogP contribution in [-0.2, 0) is 11.2 Å². The number of alkyl halides is 1. The molecule has 0 radical (unpaired) electrons. The lowest BCUT2D eigenvalue weighted by Gasteiger charge is -2.10. The van der Waals surface area contributed by atoms with Gasteiger partial charge in [0.2, 0.25) is 6.41 Å². The van der Waals surface area contributed by atoms with Gasteiger partial charge in [-0.15, -0.1) is 0 Å². The third-order valence-corrected chi connectivity index (χ3v) is 3.51. The Morgan fingerprint density at radius 1 is 1.55 bits per heavy atom. The van der Waals surface area contributed by atoms with Crippen molar-refractivity contribution in [3.8, 4) is 0 Å². The molecule has 1 atom stereocenters. The van der Waals surface area contributed by atoms with E-state index in [2.05, 4.69) is 10.3 Å². The first kappa shape index (κ1) is 16.6. The Kier molecular flexibility index (Phi) is 7.23. The maximum atomic E-state index is 13.6. The van der Waals surface area contributed by atoms with Crippen LogP contribution in [0.1, 0.15) is 36.6 Å². The van der Waals surface area contributed by atoms with E-state index < -0.39 is 6.17 Å². The number of hydrogen-bond acceptors (Lipinski definition) is 2. The molecule has 0 bridgehead atoms. The molecule has 0 spiro atoms. The minimum atomic E-state index is -0.926. The maximum Gasteiger partial charge on any atom is 0.207 e. The number of nitrogens with zero attached hydrogens (tertiary/aromatic N) is 1. The predicted octanol–water partition coefficient (Wildman–Crippen LogP) is 3.40. The molecule has 1 aromatic heterocycles. The molecule has 0 aliphatic rings. The Morgan fingerprint density at radius 3 is 2.95 bits per heavy atom. The summed E-state index contributed by atoms with van der Waals surface area (Å²) < 4.78 is 13.6. The number of amides is 1. The molecule has 0 saturated heterocycles. The zero-order valence-electron chi connectivity index (χ0n) is 11.8. The third kappa shape index (κ3) is 5.29. The molecule has 110 valence electrons. The summed E-state index contributed by atoms with van der Waals surface area (Å²) in [4.78, 5) is 14.4. The smallest absolute Gasteiger partial charge is 0.207 e. The van der Waals surface area contributed by atoms with Gasteiger partial charge in [-0.25, -0.2) is 4.39 Å². The van der Waals surface area contributed by atoms with Crippen molar-refractivity contribution >= 4 is 23.0 Å². The van der Waals surface area contributed by atoms with E-state index in [1.165, 1.54) is 0 Å². The van der Waals surface area contributed by atoms with Crippen molar-refractivity contribution in [2.45, 2.75) is 39.3 Å². The lowest BCUT2D eigenvalue weighted by atomic mass is 10.0. The molecule has 1 aromatic rings. The average Bonchev–Trinajstić information content (AvgIpc) is 2.46. The van der Waals surface area contributed by atoms with Gasteiger partial charge in [0.25, 0.3) is 0 Å². The molecule has 1 rings (SSSR count). The van der Waals surface area contributed by atoms with E-state index >= 15 is 0 Å². The number of aromatic nitrogens is 1. The van der Waals surface area contributed by atoms with Gasteiger partial charge in [-0.05, 0) is 44.7 Å². The van der Waals surface area contributed by atoms with Crippen LogP contribution in [0, 0.1) is 6.92 Å². The number of carbonyl (C=O) groups excluding carboxylic acids is 1. The van der Waals surface area contributed by atoms with Crippen LogP contribution < -0.4 is 5.32 Å². The topological polar surface area (TPSA) is 42.0 Å². The largest absolute Gasteiger partial charge is 0.359 e. The second-order valence-corrected chi connectivity index (χ2v) is 5.02. The van der Waals surface area contributed by atoms with Crippen LogP contribution in [0.2, 0.25) is 0 Å². The Labute approximate surface area is 124 Å². The molecule has 0 saturated carbocycles. The summed E-state index contributed by atoms with van der Waals surface area (Å²) in [7, 11) is 0. The highest BCUT2D eigenvalue weighted by Gasteiger charge is 2.09. The van der Waals surface area contributed by atoms with Crippen LogP contribution in [-0.4, -0.2) is 24.1 Å². The first-order chi connectivity index (χ1) is 9.58. The molecule has 0 aliphatic heterocycles. The van der Waals surface area contributed by atoms with Crippen LogP contribution >= 0.6 is 11.6 Å². The Morgan fingerprint density at radius 2 is 2.30 bits per heavy atom. The van der Waals surface area contributed by atoms with Gasteiger partial charge < -0.3 is 5.32 Å². The number of aryl methyl sites for hydroxylation is 2. The van der Waals surface area contributed by atoms with Crippen LogP contribution in [0.3, 0.4) is 0 Å². The number of halogens is 2. The lowest BCUT2D eigenvalue weighted by Crippen LogP contribution is -2.17. The fourth-order valence-electron chi connectivity index (χ4n) is 1.88. The van der Waals surface area contributed by atoms with Crippen LogP contribution in [0.15, 0.2) is 18.3 Å². The van der Waals surface area contributed by atoms with Crippen molar-refractivity contribution < 1.29 is 9.18 Å². The fourth-order valence-corrected chi connectivity index (χ4v) is 2.07. The average molecular weight is 299 g/mol. The summed E-state index contributed by atoms with van der Waals surface area (Å²) >= 11 is 6.12. The number of carbonyl (C=O) groups is 1. The highest BCUT2D eigenvalue weighted by atomic mass is 35.5. The fraction of sp³-hybridized carbons (Fsp3) is 0.467. The van der Waals surface area contributed by atoms with Gasteiger partial charge >= 0.3 is 0 Å². The number of rotatable bonds is 8. The molecular formula is C15H20ClFN2O. The zero-order chi connectivity index (χ0) is 15.0. The highest BCUT2D eigenvalue weighted by molar-refractivity contribution is 6.48. The molecule has 3 nitrogen and oxygen atoms in total. The third-order valence-electron chi connectivity index (χ3n) is 3.09. The van der Waals surface area contributed by atoms with E-state index in [1.807, 2.05) is 26.0 Å². The summed E-state index contributed by atoms with van der Waals surface area (Å²) in [6.07, 6.45) is 4.59. The molecule has 1 N–H and O–H groups in total. The van der Waals surface area contributed by atoms with Crippen molar-refractivity contribution in [3.63, 3.8) is 0 Å². The van der Waals surface area contributed by atoms with Gasteiger partial charge in [0.15, 0.2) is 0 Å². The molecule has 1 heterocycles. The molecule has 0 aliphatic carbocycles. The van der Waals surface area contributed by atoms with Crippen LogP contribution in [0.25, 0.3) is 5.03 Å². The second kappa shape index (κ2) is 8.69. The van der Waals surface area contributed by atoms with E-state index in [0.717, 1.165) is 16.8 Å². The second-order valence-electron chi connectivity index (χ2n) is 4.61. The molecular weight excluding hydrogens is 279 g/mol. The van der Waals surface area contributed by atoms with Crippen molar-refractivity contribution in [2.75, 3.05) is 6.54 Å². The Balaban J connectivity index is 2.58. The van der Waals surface area contributed by atoms with Gasteiger partial charge in [-0.1, -0.05) is 17.7 Å². The summed E-state index contributed by atoms with van der Waals surface area (Å²) in [6.45, 7) is 4.13. The summed E-state index contributed by atoms with van der Waals surface area (Å²) in [5.74, 6) is 0. The number of allylic oxidation sites excluding steroid dienone is 1. The molecule has 20 heavy (non-hydrogen) atoms. The van der Waals surface area contributed by atoms with Gasteiger partial charge in [-0.3, -0.25) is 9.78 Å². The first-order valence-electron chi connectivity index (χ1n) is 6.67. The van der Waals surface area contributed by atoms with Gasteiger partial charge in [0, 0.05) is 29.0 Å². The van der Waals surface area contributed by atoms with E-state index in [-0.39, 0.29) is 0 Å². The standard InChI is InChI=1S/C15H20ClFN2O/c1-3-15(16)14-8-12(9-19-11(14)2)4-5-13(17)6-7-18-10-20/h3,8-10,13H,4-7H2,1-2H3,(H,18,20)/b15-3+. The number of hydrogen-bond donors (Lipinski definition) is 1. The highest BCUT2D eigenvalue weighted by Crippen LogP contribution is 2.23. The summed E-state index contributed by atoms with van der Waals surface area (Å²) in [5, 5.41) is 3.11. The van der Waals surface area contributed by atoms with Crippen molar-refractivity contribution in [1.82, 2.24) is 10.3 Å². The lowest BCUT2D eigenvalue weighted by molar-refractivity contribution is -0.109. The number of nitrogens with one attached hydrogen (secondary N) is 1. The summed E-state index contributed by atoms with van der Waals surface area (Å²) in [5.41, 5.74) is 2.73. The molecule has 1 amide bonds. The molecule has 1 unspecified atom stereocenters. The van der Waals surface area contributed by atoms with E-state index in [0.29, 0.717) is 37.2 Å². The van der Waals surface area contributed by atoms with Gasteiger partial charge in [0.1, 0.15) is 6.17 Å². The van der Waals surface area contributed by atoms with Gasteiger partial charge in [-0.2, -0.15) is 0 Å². The van der Waals surface area contributed by atoms with Crippen molar-refractivity contribution in [3.05, 3.63) is 35.2 Å². The molecule has 0 aromatic carbocycles. The molecule has 5 heteroatoms. The van der Waals surface area contributed by atoms with E-state index in [1.54, 1.807) is 6.20 Å².